The summed E-state index contributed by atoms with van der Waals surface area (Å²) >= 11 is 0. The van der Waals surface area contributed by atoms with Crippen molar-refractivity contribution in [2.45, 2.75) is 13.3 Å². The van der Waals surface area contributed by atoms with Gasteiger partial charge < -0.3 is 10.1 Å². The van der Waals surface area contributed by atoms with Crippen LogP contribution in [-0.2, 0) is 14.3 Å². The van der Waals surface area contributed by atoms with Crippen LogP contribution in [0.5, 0.6) is 0 Å². The topological polar surface area (TPSA) is 55.4 Å². The van der Waals surface area contributed by atoms with Gasteiger partial charge in [-0.1, -0.05) is 6.92 Å². The normalized spacial score (nSPS) is 11.8. The van der Waals surface area contributed by atoms with Crippen LogP contribution in [0.4, 0.5) is 0 Å². The minimum absolute atomic E-state index is 0.132. The Morgan fingerprint density at radius 1 is 1.73 bits per heavy atom. The molecule has 4 heteroatoms. The summed E-state index contributed by atoms with van der Waals surface area (Å²) < 4.78 is 4.45. The molecule has 0 aromatic heterocycles. The molecule has 0 aliphatic carbocycles. The monoisotopic (exact) mass is 159 g/mol. The molecule has 0 bridgehead atoms. The Hall–Kier alpha value is -1.06. The molecule has 1 amide bonds. The van der Waals surface area contributed by atoms with E-state index in [2.05, 4.69) is 10.1 Å². The second-order valence-corrected chi connectivity index (χ2v) is 2.41. The van der Waals surface area contributed by atoms with Crippen LogP contribution in [0.25, 0.3) is 0 Å². The fourth-order valence-electron chi connectivity index (χ4n) is 0.689. The van der Waals surface area contributed by atoms with Crippen LogP contribution in [0.2, 0.25) is 0 Å². The van der Waals surface area contributed by atoms with Gasteiger partial charge in [-0.05, 0) is 5.92 Å². The molecule has 0 fully saturated rings. The van der Waals surface area contributed by atoms with Crippen LogP contribution in [0.15, 0.2) is 0 Å². The molecule has 11 heavy (non-hydrogen) atoms. The maximum atomic E-state index is 10.6. The van der Waals surface area contributed by atoms with Crippen molar-refractivity contribution in [1.82, 2.24) is 5.32 Å². The Kier molecular flexibility index (Phi) is 5.15. The van der Waals surface area contributed by atoms with Crippen molar-refractivity contribution >= 4 is 12.4 Å². The Labute approximate surface area is 65.9 Å². The van der Waals surface area contributed by atoms with Crippen LogP contribution in [0.1, 0.15) is 13.3 Å². The van der Waals surface area contributed by atoms with Crippen molar-refractivity contribution < 1.29 is 14.3 Å². The molecule has 0 rings (SSSR count). The number of methoxy groups -OCH3 is 1. The van der Waals surface area contributed by atoms with Crippen molar-refractivity contribution in [2.75, 3.05) is 13.7 Å². The maximum absolute atomic E-state index is 10.6. The summed E-state index contributed by atoms with van der Waals surface area (Å²) in [6.07, 6.45) is 0.963. The van der Waals surface area contributed by atoms with Gasteiger partial charge in [0, 0.05) is 13.0 Å². The first-order valence-electron chi connectivity index (χ1n) is 3.44. The predicted molar refractivity (Wildman–Crippen MR) is 39.9 cm³/mol. The highest BCUT2D eigenvalue weighted by Crippen LogP contribution is 2.00. The lowest BCUT2D eigenvalue weighted by molar-refractivity contribution is -0.141. The highest BCUT2D eigenvalue weighted by atomic mass is 16.5. The molecule has 1 N–H and O–H groups in total. The average molecular weight is 159 g/mol. The summed E-state index contributed by atoms with van der Waals surface area (Å²) in [6, 6.07) is 0. The molecule has 0 radical (unpaired) electrons. The molecule has 0 aromatic rings. The van der Waals surface area contributed by atoms with Gasteiger partial charge in [0.25, 0.3) is 0 Å². The van der Waals surface area contributed by atoms with Crippen LogP contribution < -0.4 is 5.32 Å². The number of ether oxygens (including phenoxy) is 1. The van der Waals surface area contributed by atoms with E-state index in [9.17, 15) is 9.59 Å². The second kappa shape index (κ2) is 5.70. The Morgan fingerprint density at radius 3 is 2.82 bits per heavy atom. The van der Waals surface area contributed by atoms with Gasteiger partial charge in [0.15, 0.2) is 0 Å². The molecule has 0 aliphatic rings. The Balaban J connectivity index is 3.42. The summed E-state index contributed by atoms with van der Waals surface area (Å²) in [4.78, 5) is 20.5. The van der Waals surface area contributed by atoms with Gasteiger partial charge in [0.05, 0.1) is 7.11 Å². The highest BCUT2D eigenvalue weighted by molar-refractivity contribution is 5.69. The van der Waals surface area contributed by atoms with E-state index in [0.717, 1.165) is 0 Å². The third-order valence-corrected chi connectivity index (χ3v) is 1.29. The molecule has 64 valence electrons. The molecule has 0 spiro atoms. The lowest BCUT2D eigenvalue weighted by Crippen LogP contribution is -2.21. The quantitative estimate of drug-likeness (QED) is 0.451. The first-order valence-corrected chi connectivity index (χ1v) is 3.44. The minimum atomic E-state index is -0.245. The lowest BCUT2D eigenvalue weighted by atomic mass is 10.1. The third kappa shape index (κ3) is 5.39. The Bertz CT molecular complexity index is 136. The molecular formula is C7H13NO3. The van der Waals surface area contributed by atoms with E-state index in [1.807, 2.05) is 6.92 Å². The van der Waals surface area contributed by atoms with E-state index in [1.165, 1.54) is 7.11 Å². The maximum Gasteiger partial charge on any atom is 0.305 e. The van der Waals surface area contributed by atoms with Crippen LogP contribution in [0, 0.1) is 5.92 Å². The van der Waals surface area contributed by atoms with Gasteiger partial charge in [-0.3, -0.25) is 9.59 Å². The molecule has 0 saturated carbocycles. The molecule has 4 nitrogen and oxygen atoms in total. The summed E-state index contributed by atoms with van der Waals surface area (Å²) in [7, 11) is 1.35. The molecule has 0 saturated heterocycles. The van der Waals surface area contributed by atoms with E-state index in [1.54, 1.807) is 0 Å². The largest absolute Gasteiger partial charge is 0.469 e. The van der Waals surface area contributed by atoms with E-state index in [-0.39, 0.29) is 11.9 Å². The highest BCUT2D eigenvalue weighted by Gasteiger charge is 2.07. The first-order chi connectivity index (χ1) is 5.20. The number of carbonyl (C=O) groups is 2. The number of nitrogens with one attached hydrogen (secondary N) is 1. The van der Waals surface area contributed by atoms with Gasteiger partial charge in [0.2, 0.25) is 6.41 Å². The summed E-state index contributed by atoms with van der Waals surface area (Å²) in [5, 5.41) is 2.49. The van der Waals surface area contributed by atoms with Crippen molar-refractivity contribution in [3.05, 3.63) is 0 Å². The van der Waals surface area contributed by atoms with Crippen molar-refractivity contribution in [1.29, 1.82) is 0 Å². The van der Waals surface area contributed by atoms with E-state index < -0.39 is 0 Å². The predicted octanol–water partition coefficient (Wildman–Crippen LogP) is -0.0684. The molecule has 0 unspecified atom stereocenters. The summed E-state index contributed by atoms with van der Waals surface area (Å²) in [5.41, 5.74) is 0. The summed E-state index contributed by atoms with van der Waals surface area (Å²) in [6.45, 7) is 2.38. The average Bonchev–Trinajstić information content (AvgIpc) is 2.00. The van der Waals surface area contributed by atoms with Crippen LogP contribution in [-0.4, -0.2) is 26.0 Å². The fourth-order valence-corrected chi connectivity index (χ4v) is 0.689. The fraction of sp³-hybridized carbons (Fsp3) is 0.714. The molecule has 1 atom stereocenters. The van der Waals surface area contributed by atoms with Crippen LogP contribution >= 0.6 is 0 Å². The van der Waals surface area contributed by atoms with Gasteiger partial charge in [-0.25, -0.2) is 0 Å². The van der Waals surface area contributed by atoms with E-state index in [0.29, 0.717) is 19.4 Å². The van der Waals surface area contributed by atoms with Gasteiger partial charge >= 0.3 is 5.97 Å². The minimum Gasteiger partial charge on any atom is -0.469 e. The van der Waals surface area contributed by atoms with Gasteiger partial charge in [0.1, 0.15) is 0 Å². The van der Waals surface area contributed by atoms with Gasteiger partial charge in [-0.15, -0.1) is 0 Å². The van der Waals surface area contributed by atoms with E-state index in [4.69, 9.17) is 0 Å². The number of hydrogen-bond donors (Lipinski definition) is 1. The summed E-state index contributed by atoms with van der Waals surface area (Å²) in [5.74, 6) is -0.113. The molecular weight excluding hydrogens is 146 g/mol. The SMILES string of the molecule is COC(=O)C[C@H](C)CNC=O. The van der Waals surface area contributed by atoms with Crippen molar-refractivity contribution in [2.24, 2.45) is 5.92 Å². The number of amides is 1. The van der Waals surface area contributed by atoms with E-state index >= 15 is 0 Å². The lowest BCUT2D eigenvalue weighted by Gasteiger charge is -2.07. The van der Waals surface area contributed by atoms with Crippen LogP contribution in [0.3, 0.4) is 0 Å². The van der Waals surface area contributed by atoms with Gasteiger partial charge in [-0.2, -0.15) is 0 Å². The third-order valence-electron chi connectivity index (χ3n) is 1.29. The molecule has 0 heterocycles. The second-order valence-electron chi connectivity index (χ2n) is 2.41. The smallest absolute Gasteiger partial charge is 0.305 e. The molecule has 0 aromatic carbocycles. The van der Waals surface area contributed by atoms with Crippen molar-refractivity contribution in [3.63, 3.8) is 0 Å². The van der Waals surface area contributed by atoms with Crippen molar-refractivity contribution in [3.8, 4) is 0 Å². The zero-order chi connectivity index (χ0) is 8.69. The standard InChI is InChI=1S/C7H13NO3/c1-6(4-8-5-9)3-7(10)11-2/h5-6H,3-4H2,1-2H3,(H,8,9)/t6-/m0/s1. The number of hydrogen-bond acceptors (Lipinski definition) is 3. The zero-order valence-electron chi connectivity index (χ0n) is 6.79. The first kappa shape index (κ1) is 9.94. The number of esters is 1. The zero-order valence-corrected chi connectivity index (χ0v) is 6.79. The number of rotatable bonds is 5. The Morgan fingerprint density at radius 2 is 2.36 bits per heavy atom. The number of carbonyl (C=O) groups excluding carboxylic acids is 2. The molecule has 0 aliphatic heterocycles.